The van der Waals surface area contributed by atoms with Crippen molar-refractivity contribution >= 4 is 48.8 Å². The first-order valence-electron chi connectivity index (χ1n) is 23.1. The van der Waals surface area contributed by atoms with Crippen LogP contribution in [0.3, 0.4) is 0 Å². The second kappa shape index (κ2) is 18.9. The number of rotatable bonds is 13. The molecule has 1 aliphatic carbocycles. The van der Waals surface area contributed by atoms with Crippen molar-refractivity contribution in [1.29, 1.82) is 0 Å². The number of pyridine rings is 1. The zero-order chi connectivity index (χ0) is 44.8. The smallest absolute Gasteiger partial charge is 0.318 e. The van der Waals surface area contributed by atoms with Gasteiger partial charge in [-0.15, -0.1) is 0 Å². The summed E-state index contributed by atoms with van der Waals surface area (Å²) in [5.41, 5.74) is 11.2. The van der Waals surface area contributed by atoms with Crippen LogP contribution in [0.15, 0.2) is 278 Å². The van der Waals surface area contributed by atoms with Crippen LogP contribution < -0.4 is 25.0 Å². The summed E-state index contributed by atoms with van der Waals surface area (Å²) in [5.74, 6) is 0. The fourth-order valence-electron chi connectivity index (χ4n) is 10.1. The van der Waals surface area contributed by atoms with Crippen molar-refractivity contribution in [2.45, 2.75) is 26.2 Å². The third kappa shape index (κ3) is 7.66. The number of benzene rings is 7. The summed E-state index contributed by atoms with van der Waals surface area (Å²) in [4.78, 5) is 5.48. The Morgan fingerprint density at radius 2 is 0.955 bits per heavy atom. The number of hydrogen-bond acceptors (Lipinski definition) is 3. The minimum atomic E-state index is -3.39. The molecule has 0 unspecified atom stereocenters. The molecule has 2 aliphatic rings. The van der Waals surface area contributed by atoms with E-state index < -0.39 is 16.8 Å². The van der Waals surface area contributed by atoms with E-state index in [0.29, 0.717) is 0 Å². The van der Waals surface area contributed by atoms with E-state index in [9.17, 15) is 0 Å². The van der Waals surface area contributed by atoms with Crippen LogP contribution in [-0.4, -0.2) is 26.0 Å². The number of anilines is 1. The molecule has 0 saturated carbocycles. The lowest BCUT2D eigenvalue weighted by atomic mass is 9.97. The van der Waals surface area contributed by atoms with Crippen LogP contribution in [0.5, 0.6) is 0 Å². The van der Waals surface area contributed by atoms with Gasteiger partial charge in [-0.25, -0.2) is 4.98 Å². The first-order chi connectivity index (χ1) is 32.6. The van der Waals surface area contributed by atoms with Crippen molar-refractivity contribution < 1.29 is 0 Å². The molecule has 5 heteroatoms. The molecule has 0 amide bonds. The summed E-state index contributed by atoms with van der Waals surface area (Å²) < 4.78 is 5.96. The predicted molar refractivity (Wildman–Crippen MR) is 284 cm³/mol. The van der Waals surface area contributed by atoms with Gasteiger partial charge in [-0.2, -0.15) is 0 Å². The van der Waals surface area contributed by atoms with Crippen LogP contribution >= 0.6 is 0 Å². The van der Waals surface area contributed by atoms with Crippen LogP contribution in [0.1, 0.15) is 31.7 Å². The van der Waals surface area contributed by atoms with Crippen molar-refractivity contribution in [3.05, 3.63) is 284 Å². The van der Waals surface area contributed by atoms with E-state index in [1.165, 1.54) is 43.2 Å². The van der Waals surface area contributed by atoms with Crippen LogP contribution in [0.4, 0.5) is 5.69 Å². The molecule has 2 heterocycles. The minimum absolute atomic E-state index is 0.860. The largest absolute Gasteiger partial charge is 0.378 e. The van der Waals surface area contributed by atoms with Gasteiger partial charge in [0.2, 0.25) is 0 Å². The molecular formula is C61H53N3Si2. The Morgan fingerprint density at radius 3 is 1.35 bits per heavy atom. The van der Waals surface area contributed by atoms with Gasteiger partial charge in [0, 0.05) is 22.5 Å². The zero-order valence-corrected chi connectivity index (χ0v) is 39.4. The summed E-state index contributed by atoms with van der Waals surface area (Å²) >= 11 is 0. The molecule has 1 saturated heterocycles. The monoisotopic (exact) mass is 883 g/mol. The molecule has 0 bridgehead atoms. The molecule has 1 fully saturated rings. The Labute approximate surface area is 392 Å². The highest BCUT2D eigenvalue weighted by molar-refractivity contribution is 7.32. The lowest BCUT2D eigenvalue weighted by molar-refractivity contribution is 0.737. The average molecular weight is 884 g/mol. The number of allylic oxidation sites excluding steroid dienone is 8. The van der Waals surface area contributed by atoms with Crippen molar-refractivity contribution in [3.63, 3.8) is 0 Å². The summed E-state index contributed by atoms with van der Waals surface area (Å²) in [5, 5.41) is 5.20. The van der Waals surface area contributed by atoms with E-state index in [1.807, 2.05) is 0 Å². The minimum Gasteiger partial charge on any atom is -0.378 e. The van der Waals surface area contributed by atoms with Gasteiger partial charge in [-0.1, -0.05) is 244 Å². The van der Waals surface area contributed by atoms with E-state index in [2.05, 4.69) is 270 Å². The number of nitrogens with zero attached hydrogens (tertiary/aromatic N) is 3. The third-order valence-electron chi connectivity index (χ3n) is 13.1. The van der Waals surface area contributed by atoms with Crippen molar-refractivity contribution in [3.8, 4) is 22.5 Å². The Kier molecular flexibility index (Phi) is 12.1. The predicted octanol–water partition coefficient (Wildman–Crippen LogP) is 12.3. The fourth-order valence-corrected chi connectivity index (χ4v) is 25.3. The van der Waals surface area contributed by atoms with Crippen LogP contribution in [0, 0.1) is 0 Å². The van der Waals surface area contributed by atoms with Gasteiger partial charge in [0.05, 0.1) is 11.4 Å². The van der Waals surface area contributed by atoms with E-state index in [4.69, 9.17) is 11.6 Å². The SMILES string of the molecule is C=C(/C=C(\C=C(/CC)c1ccccc1)N1[Si](c2ccccc2)(c2ccccc2)N(c2cc(-c3ccccc3)nc(-c3ccccc3)c2)[Si]1(c1ccccc1)c1ccccc1)C1=CC=CCC1. The van der Waals surface area contributed by atoms with Gasteiger partial charge < -0.3 is 8.46 Å². The molecule has 8 aromatic rings. The number of aromatic nitrogens is 1. The quantitative estimate of drug-likeness (QED) is 0.0849. The molecule has 0 N–H and O–H groups in total. The molecule has 0 radical (unpaired) electrons. The van der Waals surface area contributed by atoms with Gasteiger partial charge in [-0.05, 0) is 86.6 Å². The standard InChI is InChI=1S/C61H53N3Si2/c1-3-49(51-30-14-5-15-31-51)45-54(44-48(2)50-28-12-4-13-29-50)63-65(56-36-20-8-21-37-56,57-38-22-9-23-39-57)64(66(63,58-40-24-10-25-41-58)59-42-26-11-27-43-59)55-46-60(52-32-16-6-17-33-52)62-61(47-55)53-34-18-7-19-35-53/h4-12,14-28,30-47H,2-3,13,29H2,1H3/b49-45+,54-44+. The maximum Gasteiger partial charge on any atom is 0.318 e. The Morgan fingerprint density at radius 1 is 0.545 bits per heavy atom. The van der Waals surface area contributed by atoms with E-state index in [0.717, 1.165) is 53.0 Å². The van der Waals surface area contributed by atoms with Crippen molar-refractivity contribution in [1.82, 2.24) is 9.22 Å². The maximum absolute atomic E-state index is 5.48. The van der Waals surface area contributed by atoms with E-state index in [1.54, 1.807) is 0 Å². The highest BCUT2D eigenvalue weighted by Gasteiger charge is 2.75. The highest BCUT2D eigenvalue weighted by atomic mass is 28.5. The second-order valence-corrected chi connectivity index (χ2v) is 24.6. The molecule has 1 aliphatic heterocycles. The second-order valence-electron chi connectivity index (χ2n) is 16.9. The van der Waals surface area contributed by atoms with Gasteiger partial charge in [0.1, 0.15) is 0 Å². The van der Waals surface area contributed by atoms with Crippen LogP contribution in [0.25, 0.3) is 28.1 Å². The average Bonchev–Trinajstić information content (AvgIpc) is 3.40. The van der Waals surface area contributed by atoms with Gasteiger partial charge in [0.25, 0.3) is 0 Å². The molecule has 66 heavy (non-hydrogen) atoms. The summed E-state index contributed by atoms with van der Waals surface area (Å²) in [6.07, 6.45) is 14.5. The normalized spacial score (nSPS) is 15.4. The lowest BCUT2D eigenvalue weighted by Crippen LogP contribution is -3.06. The molecule has 0 atom stereocenters. The third-order valence-corrected chi connectivity index (χ3v) is 25.1. The Bertz CT molecular complexity index is 2830. The fraction of sp³-hybridized carbons (Fsp3) is 0.0656. The topological polar surface area (TPSA) is 19.4 Å². The Balaban J connectivity index is 1.40. The molecule has 1 aromatic heterocycles. The van der Waals surface area contributed by atoms with Gasteiger partial charge in [0.15, 0.2) is 0 Å². The highest BCUT2D eigenvalue weighted by Crippen LogP contribution is 2.47. The van der Waals surface area contributed by atoms with E-state index in [-0.39, 0.29) is 0 Å². The molecule has 7 aromatic carbocycles. The first kappa shape index (κ1) is 42.4. The maximum atomic E-state index is 5.48. The molecule has 10 rings (SSSR count). The van der Waals surface area contributed by atoms with Crippen LogP contribution in [0.2, 0.25) is 0 Å². The molecule has 320 valence electrons. The van der Waals surface area contributed by atoms with Crippen LogP contribution in [-0.2, 0) is 0 Å². The number of hydrogen-bond donors (Lipinski definition) is 0. The van der Waals surface area contributed by atoms with E-state index >= 15 is 0 Å². The van der Waals surface area contributed by atoms with Gasteiger partial charge >= 0.3 is 16.8 Å². The lowest BCUT2D eigenvalue weighted by Gasteiger charge is -2.73. The molecule has 0 spiro atoms. The van der Waals surface area contributed by atoms with Gasteiger partial charge in [-0.3, -0.25) is 0 Å². The Hall–Kier alpha value is -7.58. The molecule has 3 nitrogen and oxygen atoms in total. The summed E-state index contributed by atoms with van der Waals surface area (Å²) in [6, 6.07) is 82.5. The zero-order valence-electron chi connectivity index (χ0n) is 37.4. The summed E-state index contributed by atoms with van der Waals surface area (Å²) in [6.45, 7) is 7.18. The molecular weight excluding hydrogens is 831 g/mol. The van der Waals surface area contributed by atoms with Crippen molar-refractivity contribution in [2.75, 3.05) is 4.23 Å². The first-order valence-corrected chi connectivity index (χ1v) is 26.9. The summed E-state index contributed by atoms with van der Waals surface area (Å²) in [7, 11) is -6.78. The van der Waals surface area contributed by atoms with Crippen molar-refractivity contribution in [2.24, 2.45) is 0 Å².